The second-order valence-corrected chi connectivity index (χ2v) is 14.3. The first-order valence-corrected chi connectivity index (χ1v) is 14.7. The summed E-state index contributed by atoms with van der Waals surface area (Å²) in [7, 11) is 0. The largest absolute Gasteiger partial charge is 0.455 e. The zero-order valence-corrected chi connectivity index (χ0v) is 25.1. The highest BCUT2D eigenvalue weighted by Gasteiger charge is 2.38. The average Bonchev–Trinajstić information content (AvgIpc) is 3.34. The monoisotopic (exact) mass is 544 g/mol. The lowest BCUT2D eigenvalue weighted by Crippen LogP contribution is -2.34. The summed E-state index contributed by atoms with van der Waals surface area (Å²) in [5.41, 5.74) is 4.82. The lowest BCUT2D eigenvalue weighted by atomic mass is 9.62. The van der Waals surface area contributed by atoms with E-state index in [-0.39, 0.29) is 22.0 Å². The number of hydrogen-bond acceptors (Lipinski definition) is 2. The zero-order chi connectivity index (χ0) is 33.2. The van der Waals surface area contributed by atoms with Gasteiger partial charge in [0, 0.05) is 29.4 Å². The van der Waals surface area contributed by atoms with Crippen LogP contribution in [0.5, 0.6) is 0 Å². The molecule has 208 valence electrons. The maximum absolute atomic E-state index is 8.98. The number of hydrogen-bond donors (Lipinski definition) is 0. The van der Waals surface area contributed by atoms with Crippen molar-refractivity contribution in [2.75, 3.05) is 0 Å². The van der Waals surface area contributed by atoms with E-state index in [1.54, 1.807) is 26.8 Å². The number of aryl methyl sites for hydroxylation is 1. The Labute approximate surface area is 250 Å². The van der Waals surface area contributed by atoms with Gasteiger partial charge >= 0.3 is 0 Å². The van der Waals surface area contributed by atoms with E-state index in [4.69, 9.17) is 11.3 Å². The standard InChI is InChI=1S/C39H41NO/c1-23-22-40-32(19-26(23)21-37(2,3)4)28-11-9-10-27-30-18-25-13-12-24-14-15-31-35(39(7,8)17-16-38(31,5)6)34(24)29(25)20-33(30)41-36(27)28/h9-15,18-20,22H,16-17,21H2,1-8H3/i1D3,21D2. The minimum absolute atomic E-state index is 0.0386. The SMILES string of the molecule is [2H]C([2H])([2H])c1cnc(-c2cccc3c2oc2cc4c(ccc5ccc6c(c54)C(C)(C)CCC6(C)C)cc23)cc1C([2H])([2H])C(C)(C)C. The molecule has 0 amide bonds. The summed E-state index contributed by atoms with van der Waals surface area (Å²) in [6, 6.07) is 20.9. The molecule has 2 aromatic heterocycles. The van der Waals surface area contributed by atoms with Gasteiger partial charge in [0.1, 0.15) is 11.2 Å². The molecular formula is C39H41NO. The van der Waals surface area contributed by atoms with Gasteiger partial charge in [0.2, 0.25) is 0 Å². The smallest absolute Gasteiger partial charge is 0.144 e. The number of pyridine rings is 1. The zero-order valence-electron chi connectivity index (χ0n) is 30.1. The van der Waals surface area contributed by atoms with Crippen LogP contribution in [0.15, 0.2) is 71.3 Å². The first-order chi connectivity index (χ1) is 21.3. The summed E-state index contributed by atoms with van der Waals surface area (Å²) >= 11 is 0. The van der Waals surface area contributed by atoms with Gasteiger partial charge in [-0.25, -0.2) is 0 Å². The number of benzene rings is 4. The molecule has 0 spiro atoms. The molecule has 0 N–H and O–H groups in total. The number of fused-ring (bicyclic) bond motifs is 8. The van der Waals surface area contributed by atoms with Gasteiger partial charge in [0.05, 0.1) is 5.69 Å². The molecule has 2 nitrogen and oxygen atoms in total. The normalized spacial score (nSPS) is 19.0. The van der Waals surface area contributed by atoms with Crippen molar-refractivity contribution in [3.8, 4) is 11.3 Å². The fourth-order valence-corrected chi connectivity index (χ4v) is 6.91. The second-order valence-electron chi connectivity index (χ2n) is 14.3. The Kier molecular flexibility index (Phi) is 4.47. The maximum atomic E-state index is 8.98. The van der Waals surface area contributed by atoms with Gasteiger partial charge in [-0.05, 0) is 110 Å². The van der Waals surface area contributed by atoms with Crippen molar-refractivity contribution in [2.45, 2.75) is 85.4 Å². The third kappa shape index (κ3) is 4.18. The minimum atomic E-state index is -2.50. The fraction of sp³-hybridized carbons (Fsp3) is 0.359. The molecule has 0 aliphatic heterocycles. The Morgan fingerprint density at radius 2 is 1.63 bits per heavy atom. The van der Waals surface area contributed by atoms with Crippen LogP contribution in [-0.4, -0.2) is 4.98 Å². The highest BCUT2D eigenvalue weighted by molar-refractivity contribution is 6.18. The first kappa shape index (κ1) is 21.1. The number of aromatic nitrogens is 1. The molecule has 4 aromatic carbocycles. The molecule has 0 fully saturated rings. The van der Waals surface area contributed by atoms with Crippen LogP contribution in [0, 0.1) is 12.3 Å². The van der Waals surface area contributed by atoms with Crippen molar-refractivity contribution in [3.63, 3.8) is 0 Å². The number of para-hydroxylation sites is 1. The van der Waals surface area contributed by atoms with Gasteiger partial charge in [-0.3, -0.25) is 4.98 Å². The number of rotatable bonds is 2. The van der Waals surface area contributed by atoms with Crippen LogP contribution in [0.2, 0.25) is 0 Å². The molecule has 0 radical (unpaired) electrons. The van der Waals surface area contributed by atoms with E-state index in [0.29, 0.717) is 16.8 Å². The van der Waals surface area contributed by atoms with Crippen LogP contribution in [-0.2, 0) is 17.2 Å². The van der Waals surface area contributed by atoms with Crippen LogP contribution in [0.4, 0.5) is 0 Å². The Hall–Kier alpha value is -3.65. The van der Waals surface area contributed by atoms with E-state index in [9.17, 15) is 0 Å². The molecule has 0 bridgehead atoms. The molecule has 0 saturated heterocycles. The summed E-state index contributed by atoms with van der Waals surface area (Å²) in [5, 5.41) is 6.79. The minimum Gasteiger partial charge on any atom is -0.455 e. The van der Waals surface area contributed by atoms with Crippen molar-refractivity contribution in [3.05, 3.63) is 89.1 Å². The van der Waals surface area contributed by atoms with Gasteiger partial charge in [0.25, 0.3) is 0 Å². The second kappa shape index (κ2) is 8.68. The van der Waals surface area contributed by atoms with Gasteiger partial charge in [-0.1, -0.05) is 84.9 Å². The summed E-state index contributed by atoms with van der Waals surface area (Å²) < 4.78 is 49.0. The molecule has 1 aliphatic rings. The van der Waals surface area contributed by atoms with Crippen molar-refractivity contribution >= 4 is 43.5 Å². The van der Waals surface area contributed by atoms with Gasteiger partial charge in [-0.2, -0.15) is 0 Å². The van der Waals surface area contributed by atoms with Gasteiger partial charge < -0.3 is 4.42 Å². The van der Waals surface area contributed by atoms with Gasteiger partial charge in [0.15, 0.2) is 0 Å². The fourth-order valence-electron chi connectivity index (χ4n) is 6.91. The predicted molar refractivity (Wildman–Crippen MR) is 175 cm³/mol. The maximum Gasteiger partial charge on any atom is 0.144 e. The number of furan rings is 1. The highest BCUT2D eigenvalue weighted by Crippen LogP contribution is 2.50. The Morgan fingerprint density at radius 1 is 0.878 bits per heavy atom. The van der Waals surface area contributed by atoms with E-state index in [1.807, 2.05) is 18.2 Å². The summed E-state index contributed by atoms with van der Waals surface area (Å²) in [4.78, 5) is 4.58. The third-order valence-electron chi connectivity index (χ3n) is 9.09. The van der Waals surface area contributed by atoms with E-state index in [2.05, 4.69) is 69.1 Å². The molecule has 0 atom stereocenters. The van der Waals surface area contributed by atoms with Crippen molar-refractivity contribution in [1.29, 1.82) is 0 Å². The molecule has 7 rings (SSSR count). The molecule has 1 aliphatic carbocycles. The highest BCUT2D eigenvalue weighted by atomic mass is 16.3. The molecule has 0 saturated carbocycles. The Morgan fingerprint density at radius 3 is 2.41 bits per heavy atom. The van der Waals surface area contributed by atoms with E-state index in [1.165, 1.54) is 33.5 Å². The first-order valence-electron chi connectivity index (χ1n) is 17.2. The molecular weight excluding hydrogens is 498 g/mol. The number of nitrogens with zero attached hydrogens (tertiary/aromatic N) is 1. The Bertz CT molecular complexity index is 2210. The lowest BCUT2D eigenvalue weighted by Gasteiger charge is -2.42. The van der Waals surface area contributed by atoms with Crippen LogP contribution in [0.3, 0.4) is 0 Å². The van der Waals surface area contributed by atoms with Crippen LogP contribution < -0.4 is 0 Å². The van der Waals surface area contributed by atoms with Crippen LogP contribution in [0.25, 0.3) is 54.7 Å². The quantitative estimate of drug-likeness (QED) is 0.203. The molecule has 0 unspecified atom stereocenters. The predicted octanol–water partition coefficient (Wildman–Crippen LogP) is 11.2. The third-order valence-corrected chi connectivity index (χ3v) is 9.09. The lowest BCUT2D eigenvalue weighted by molar-refractivity contribution is 0.334. The van der Waals surface area contributed by atoms with Crippen LogP contribution in [0.1, 0.15) is 90.4 Å². The Balaban J connectivity index is 1.50. The van der Waals surface area contributed by atoms with Crippen molar-refractivity contribution in [2.24, 2.45) is 5.41 Å². The molecule has 2 heterocycles. The van der Waals surface area contributed by atoms with Crippen molar-refractivity contribution in [1.82, 2.24) is 4.98 Å². The molecule has 2 heteroatoms. The van der Waals surface area contributed by atoms with E-state index >= 15 is 0 Å². The summed E-state index contributed by atoms with van der Waals surface area (Å²) in [6.07, 6.45) is 1.67. The average molecular weight is 545 g/mol. The molecule has 6 aromatic rings. The van der Waals surface area contributed by atoms with Crippen LogP contribution >= 0.6 is 0 Å². The van der Waals surface area contributed by atoms with E-state index < -0.39 is 18.6 Å². The summed E-state index contributed by atoms with van der Waals surface area (Å²) in [5.74, 6) is 0. The topological polar surface area (TPSA) is 26.0 Å². The van der Waals surface area contributed by atoms with E-state index in [0.717, 1.165) is 34.6 Å². The van der Waals surface area contributed by atoms with Gasteiger partial charge in [-0.15, -0.1) is 0 Å². The molecule has 41 heavy (non-hydrogen) atoms. The van der Waals surface area contributed by atoms with Crippen molar-refractivity contribution < 1.29 is 11.3 Å². The summed E-state index contributed by atoms with van der Waals surface area (Å²) in [6.45, 7) is 12.3.